The molecular weight excluding hydrogens is 475 g/mol. The Labute approximate surface area is 183 Å². The van der Waals surface area contributed by atoms with Crippen LogP contribution in [0.3, 0.4) is 0 Å². The highest BCUT2D eigenvalue weighted by Gasteiger charge is 2.32. The maximum Gasteiger partial charge on any atom is 0.454 e. The van der Waals surface area contributed by atoms with Gasteiger partial charge in [0.05, 0.1) is 6.04 Å². The summed E-state index contributed by atoms with van der Waals surface area (Å²) in [5, 5.41) is 9.99. The molecule has 0 spiro atoms. The fourth-order valence-electron chi connectivity index (χ4n) is 3.68. The molecular formula is C20H22BrN2O6P. The molecule has 2 aliphatic rings. The number of benzene rings is 2. The summed E-state index contributed by atoms with van der Waals surface area (Å²) in [5.74, 6) is 2.14. The number of nitrogens with zero attached hydrogens (tertiary/aromatic N) is 2. The highest BCUT2D eigenvalue weighted by molar-refractivity contribution is 9.10. The Kier molecular flexibility index (Phi) is 5.81. The number of hydrogen-bond acceptors (Lipinski definition) is 6. The van der Waals surface area contributed by atoms with Gasteiger partial charge in [-0.2, -0.15) is 4.76 Å². The molecule has 30 heavy (non-hydrogen) atoms. The van der Waals surface area contributed by atoms with Gasteiger partial charge < -0.3 is 19.5 Å². The molecule has 2 aromatic carbocycles. The van der Waals surface area contributed by atoms with E-state index in [0.717, 1.165) is 21.2 Å². The molecule has 0 saturated heterocycles. The fraction of sp³-hybridized carbons (Fsp3) is 0.350. The minimum absolute atomic E-state index is 0.140. The molecule has 160 valence electrons. The Bertz CT molecular complexity index is 1050. The van der Waals surface area contributed by atoms with Crippen LogP contribution in [-0.4, -0.2) is 36.9 Å². The van der Waals surface area contributed by atoms with Crippen molar-refractivity contribution in [3.63, 3.8) is 0 Å². The summed E-state index contributed by atoms with van der Waals surface area (Å²) >= 11 is 3.60. The van der Waals surface area contributed by atoms with Crippen LogP contribution < -0.4 is 9.47 Å². The molecule has 0 bridgehead atoms. The number of phenolic OH excluding ortho intramolecular Hbond substituents is 1. The van der Waals surface area contributed by atoms with Gasteiger partial charge in [0.25, 0.3) is 0 Å². The Morgan fingerprint density at radius 3 is 2.63 bits per heavy atom. The van der Waals surface area contributed by atoms with Crippen LogP contribution in [0.4, 0.5) is 0 Å². The van der Waals surface area contributed by atoms with Crippen molar-refractivity contribution in [2.45, 2.75) is 25.9 Å². The first kappa shape index (κ1) is 21.2. The average Bonchev–Trinajstić information content (AvgIpc) is 3.18. The predicted octanol–water partition coefficient (Wildman–Crippen LogP) is 4.80. The molecule has 0 saturated carbocycles. The van der Waals surface area contributed by atoms with Gasteiger partial charge in [0.2, 0.25) is 6.79 Å². The van der Waals surface area contributed by atoms with Gasteiger partial charge in [-0.1, -0.05) is 22.0 Å². The molecule has 0 aromatic heterocycles. The molecule has 1 atom stereocenters. The normalized spacial score (nSPS) is 19.3. The topological polar surface area (TPSA) is 89.8 Å². The number of phenols is 1. The number of halogens is 1. The van der Waals surface area contributed by atoms with Crippen molar-refractivity contribution in [2.75, 3.05) is 21.0 Å². The molecule has 0 amide bonds. The Morgan fingerprint density at radius 1 is 1.23 bits per heavy atom. The van der Waals surface area contributed by atoms with Gasteiger partial charge in [0.1, 0.15) is 11.6 Å². The molecule has 2 aliphatic heterocycles. The third kappa shape index (κ3) is 3.95. The molecule has 2 aromatic rings. The van der Waals surface area contributed by atoms with Crippen molar-refractivity contribution in [1.82, 2.24) is 4.90 Å². The first-order chi connectivity index (χ1) is 14.3. The number of ether oxygens (including phenoxy) is 2. The molecule has 0 fully saturated rings. The van der Waals surface area contributed by atoms with Crippen molar-refractivity contribution in [3.8, 4) is 17.2 Å². The van der Waals surface area contributed by atoms with Crippen LogP contribution in [0.1, 0.15) is 29.7 Å². The van der Waals surface area contributed by atoms with Crippen LogP contribution in [0.15, 0.2) is 39.6 Å². The number of rotatable bonds is 5. The van der Waals surface area contributed by atoms with E-state index in [-0.39, 0.29) is 18.6 Å². The lowest BCUT2D eigenvalue weighted by Gasteiger charge is -2.38. The Hall–Kier alpha value is -2.06. The van der Waals surface area contributed by atoms with Crippen molar-refractivity contribution >= 4 is 29.5 Å². The number of fused-ring (bicyclic) bond motifs is 2. The zero-order chi connectivity index (χ0) is 21.5. The van der Waals surface area contributed by atoms with Gasteiger partial charge in [-0.25, -0.2) is 4.57 Å². The van der Waals surface area contributed by atoms with Gasteiger partial charge in [-0.15, -0.1) is 0 Å². The summed E-state index contributed by atoms with van der Waals surface area (Å²) in [6.45, 7) is 2.66. The van der Waals surface area contributed by atoms with E-state index >= 15 is 0 Å². The smallest absolute Gasteiger partial charge is 0.454 e. The van der Waals surface area contributed by atoms with Crippen LogP contribution in [0.2, 0.25) is 0 Å². The first-order valence-electron chi connectivity index (χ1n) is 9.30. The van der Waals surface area contributed by atoms with Crippen LogP contribution in [-0.2, 0) is 26.6 Å². The van der Waals surface area contributed by atoms with E-state index in [1.807, 2.05) is 30.0 Å². The van der Waals surface area contributed by atoms with Crippen molar-refractivity contribution in [2.24, 2.45) is 4.76 Å². The van der Waals surface area contributed by atoms with Crippen LogP contribution in [0.5, 0.6) is 17.2 Å². The minimum Gasteiger partial charge on any atom is -0.508 e. The van der Waals surface area contributed by atoms with E-state index in [1.54, 1.807) is 12.1 Å². The Morgan fingerprint density at radius 2 is 1.93 bits per heavy atom. The third-order valence-electron chi connectivity index (χ3n) is 5.31. The molecule has 2 heterocycles. The lowest BCUT2D eigenvalue weighted by molar-refractivity contribution is 0.174. The minimum atomic E-state index is -3.62. The first-order valence-corrected chi connectivity index (χ1v) is 11.6. The fourth-order valence-corrected chi connectivity index (χ4v) is 4.91. The number of amidine groups is 1. The zero-order valence-electron chi connectivity index (χ0n) is 16.8. The lowest BCUT2D eigenvalue weighted by Crippen LogP contribution is -2.38. The summed E-state index contributed by atoms with van der Waals surface area (Å²) in [4.78, 5) is 2.02. The molecule has 0 aliphatic carbocycles. The van der Waals surface area contributed by atoms with Gasteiger partial charge in [0.15, 0.2) is 11.5 Å². The molecule has 0 radical (unpaired) electrons. The highest BCUT2D eigenvalue weighted by atomic mass is 79.9. The number of hydrogen-bond donors (Lipinski definition) is 1. The van der Waals surface area contributed by atoms with E-state index in [4.69, 9.17) is 18.5 Å². The molecule has 4 rings (SSSR count). The summed E-state index contributed by atoms with van der Waals surface area (Å²) in [5.41, 5.74) is 2.93. The average molecular weight is 497 g/mol. The quantitative estimate of drug-likeness (QED) is 0.594. The van der Waals surface area contributed by atoms with E-state index in [2.05, 4.69) is 20.7 Å². The summed E-state index contributed by atoms with van der Waals surface area (Å²) in [6.07, 6.45) is 0.429. The molecule has 8 nitrogen and oxygen atoms in total. The summed E-state index contributed by atoms with van der Waals surface area (Å²) < 4.78 is 39.0. The SMILES string of the molecule is COP(=O)(/N=C1/Cc2ccc(O)cc2C(C)N1Cc1cc2c(cc1Br)OCO2)OC. The zero-order valence-corrected chi connectivity index (χ0v) is 19.3. The Balaban J connectivity index is 1.77. The third-order valence-corrected chi connectivity index (χ3v) is 7.45. The second kappa shape index (κ2) is 8.23. The van der Waals surface area contributed by atoms with Gasteiger partial charge in [-0.05, 0) is 47.9 Å². The van der Waals surface area contributed by atoms with Crippen molar-refractivity contribution in [3.05, 3.63) is 51.5 Å². The standard InChI is InChI=1S/C20H22BrN2O6P/c1-12-16-8-15(24)5-4-13(16)7-20(22-30(25,26-2)27-3)23(12)10-14-6-18-19(9-17(14)21)29-11-28-18/h4-6,8-9,12,24H,7,10-11H2,1-3H3/b22-20-. The predicted molar refractivity (Wildman–Crippen MR) is 115 cm³/mol. The maximum atomic E-state index is 12.8. The van der Waals surface area contributed by atoms with Crippen molar-refractivity contribution < 1.29 is 28.2 Å². The van der Waals surface area contributed by atoms with E-state index in [1.165, 1.54) is 14.2 Å². The van der Waals surface area contributed by atoms with Gasteiger partial charge in [-0.3, -0.25) is 9.05 Å². The van der Waals surface area contributed by atoms with Crippen molar-refractivity contribution in [1.29, 1.82) is 0 Å². The van der Waals surface area contributed by atoms with Gasteiger partial charge in [0, 0.05) is 31.7 Å². The molecule has 1 N–H and O–H groups in total. The van der Waals surface area contributed by atoms with Crippen LogP contribution in [0, 0.1) is 0 Å². The summed E-state index contributed by atoms with van der Waals surface area (Å²) in [6, 6.07) is 8.90. The summed E-state index contributed by atoms with van der Waals surface area (Å²) in [7, 11) is -1.00. The van der Waals surface area contributed by atoms with Crippen LogP contribution >= 0.6 is 23.7 Å². The second-order valence-electron chi connectivity index (χ2n) is 7.01. The largest absolute Gasteiger partial charge is 0.508 e. The van der Waals surface area contributed by atoms with Crippen LogP contribution in [0.25, 0.3) is 0 Å². The van der Waals surface area contributed by atoms with E-state index in [9.17, 15) is 9.67 Å². The molecule has 10 heteroatoms. The second-order valence-corrected chi connectivity index (χ2v) is 9.73. The van der Waals surface area contributed by atoms with Gasteiger partial charge >= 0.3 is 7.75 Å². The lowest BCUT2D eigenvalue weighted by atomic mass is 9.92. The van der Waals surface area contributed by atoms with E-state index in [0.29, 0.717) is 30.3 Å². The molecule has 1 unspecified atom stereocenters. The van der Waals surface area contributed by atoms with E-state index < -0.39 is 7.75 Å². The highest BCUT2D eigenvalue weighted by Crippen LogP contribution is 2.50. The maximum absolute atomic E-state index is 12.8. The monoisotopic (exact) mass is 496 g/mol. The number of aromatic hydroxyl groups is 1.